The zero-order chi connectivity index (χ0) is 17.6. The zero-order valence-corrected chi connectivity index (χ0v) is 14.4. The van der Waals surface area contributed by atoms with E-state index in [4.69, 9.17) is 19.3 Å². The maximum atomic E-state index is 11.4. The van der Waals surface area contributed by atoms with Gasteiger partial charge >= 0.3 is 5.97 Å². The third-order valence-corrected chi connectivity index (χ3v) is 4.93. The molecule has 0 saturated heterocycles. The van der Waals surface area contributed by atoms with Crippen molar-refractivity contribution in [3.05, 3.63) is 47.0 Å². The number of fused-ring (bicyclic) bond motifs is 1. The Morgan fingerprint density at radius 1 is 1.28 bits per heavy atom. The van der Waals surface area contributed by atoms with Gasteiger partial charge in [-0.3, -0.25) is 0 Å². The van der Waals surface area contributed by atoms with Gasteiger partial charge in [-0.05, 0) is 28.5 Å². The lowest BCUT2D eigenvalue weighted by Gasteiger charge is -2.28. The van der Waals surface area contributed by atoms with E-state index in [1.165, 1.54) is 4.70 Å². The summed E-state index contributed by atoms with van der Waals surface area (Å²) >= 11 is 1.64. The van der Waals surface area contributed by atoms with Crippen molar-refractivity contribution in [3.63, 3.8) is 0 Å². The molecule has 2 heterocycles. The van der Waals surface area contributed by atoms with E-state index in [0.717, 1.165) is 10.9 Å². The summed E-state index contributed by atoms with van der Waals surface area (Å²) < 4.78 is 17.4. The Kier molecular flexibility index (Phi) is 6.04. The van der Waals surface area contributed by atoms with Crippen molar-refractivity contribution >= 4 is 27.4 Å². The predicted octanol–water partition coefficient (Wildman–Crippen LogP) is 2.73. The minimum absolute atomic E-state index is 0.0425. The highest BCUT2D eigenvalue weighted by Gasteiger charge is 2.29. The molecule has 134 valence electrons. The molecule has 1 aromatic carbocycles. The standard InChI is InChI=1S/C18H20O6S/c19-5-6-22-7-8-23-17-10-12(9-15(24-17)18(20)21)14-11-25-16-4-2-1-3-13(14)16/h1-4,9,11-12,17,19H,5-8,10H2,(H,20,21)/t12-,17+/m0/s1. The van der Waals surface area contributed by atoms with Gasteiger partial charge in [0.2, 0.25) is 12.0 Å². The van der Waals surface area contributed by atoms with Gasteiger partial charge in [0.15, 0.2) is 0 Å². The molecule has 3 rings (SSSR count). The van der Waals surface area contributed by atoms with Crippen LogP contribution in [0.1, 0.15) is 17.9 Å². The minimum Gasteiger partial charge on any atom is -0.475 e. The van der Waals surface area contributed by atoms with Gasteiger partial charge in [-0.25, -0.2) is 4.79 Å². The van der Waals surface area contributed by atoms with Crippen LogP contribution >= 0.6 is 11.3 Å². The molecule has 1 aliphatic heterocycles. The number of ether oxygens (including phenoxy) is 3. The van der Waals surface area contributed by atoms with E-state index in [0.29, 0.717) is 13.0 Å². The summed E-state index contributed by atoms with van der Waals surface area (Å²) in [6.07, 6.45) is 1.55. The summed E-state index contributed by atoms with van der Waals surface area (Å²) in [6.45, 7) is 0.797. The van der Waals surface area contributed by atoms with Crippen LogP contribution < -0.4 is 0 Å². The predicted molar refractivity (Wildman–Crippen MR) is 93.6 cm³/mol. The second-order valence-corrected chi connectivity index (χ2v) is 6.53. The molecule has 2 N–H and O–H groups in total. The van der Waals surface area contributed by atoms with Crippen LogP contribution in [-0.2, 0) is 19.0 Å². The van der Waals surface area contributed by atoms with E-state index < -0.39 is 12.3 Å². The van der Waals surface area contributed by atoms with Crippen LogP contribution in [0.3, 0.4) is 0 Å². The molecule has 2 aromatic rings. The van der Waals surface area contributed by atoms with Crippen molar-refractivity contribution in [1.29, 1.82) is 0 Å². The molecule has 0 bridgehead atoms. The molecule has 1 aromatic heterocycles. The highest BCUT2D eigenvalue weighted by atomic mass is 32.1. The van der Waals surface area contributed by atoms with Gasteiger partial charge in [0.1, 0.15) is 0 Å². The molecular weight excluding hydrogens is 344 g/mol. The Labute approximate surface area is 149 Å². The Bertz CT molecular complexity index is 753. The first-order valence-electron chi connectivity index (χ1n) is 8.07. The topological polar surface area (TPSA) is 85.2 Å². The van der Waals surface area contributed by atoms with Gasteiger partial charge in [0.05, 0.1) is 26.4 Å². The molecule has 0 saturated carbocycles. The lowest BCUT2D eigenvalue weighted by molar-refractivity contribution is -0.160. The molecule has 2 atom stereocenters. The van der Waals surface area contributed by atoms with Crippen LogP contribution in [0.25, 0.3) is 10.1 Å². The SMILES string of the molecule is O=C(O)C1=C[C@H](c2csc3ccccc23)C[C@H](OCCOCCO)O1. The average molecular weight is 364 g/mol. The van der Waals surface area contributed by atoms with Crippen molar-refractivity contribution in [2.45, 2.75) is 18.6 Å². The lowest BCUT2D eigenvalue weighted by Crippen LogP contribution is -2.28. The van der Waals surface area contributed by atoms with Crippen LogP contribution in [0.2, 0.25) is 0 Å². The van der Waals surface area contributed by atoms with Crippen molar-refractivity contribution in [3.8, 4) is 0 Å². The molecule has 0 spiro atoms. The van der Waals surface area contributed by atoms with Crippen LogP contribution in [0.5, 0.6) is 0 Å². The Balaban J connectivity index is 1.74. The fraction of sp³-hybridized carbons (Fsp3) is 0.389. The van der Waals surface area contributed by atoms with E-state index in [1.54, 1.807) is 17.4 Å². The maximum Gasteiger partial charge on any atom is 0.370 e. The number of allylic oxidation sites excluding steroid dienone is 1. The number of carbonyl (C=O) groups is 1. The summed E-state index contributed by atoms with van der Waals surface area (Å²) in [7, 11) is 0. The zero-order valence-electron chi connectivity index (χ0n) is 13.6. The normalized spacial score (nSPS) is 20.3. The van der Waals surface area contributed by atoms with Crippen molar-refractivity contribution in [2.75, 3.05) is 26.4 Å². The fourth-order valence-corrected chi connectivity index (χ4v) is 3.84. The first kappa shape index (κ1) is 17.9. The Morgan fingerprint density at radius 2 is 2.12 bits per heavy atom. The van der Waals surface area contributed by atoms with E-state index in [2.05, 4.69) is 11.4 Å². The number of hydrogen-bond acceptors (Lipinski definition) is 6. The van der Waals surface area contributed by atoms with Gasteiger partial charge in [-0.1, -0.05) is 18.2 Å². The monoisotopic (exact) mass is 364 g/mol. The van der Waals surface area contributed by atoms with E-state index in [-0.39, 0.29) is 31.5 Å². The second kappa shape index (κ2) is 8.44. The first-order chi connectivity index (χ1) is 12.2. The van der Waals surface area contributed by atoms with Gasteiger partial charge in [0, 0.05) is 17.0 Å². The highest BCUT2D eigenvalue weighted by molar-refractivity contribution is 7.17. The van der Waals surface area contributed by atoms with Crippen LogP contribution in [0, 0.1) is 0 Å². The highest BCUT2D eigenvalue weighted by Crippen LogP contribution is 2.38. The Morgan fingerprint density at radius 3 is 2.92 bits per heavy atom. The average Bonchev–Trinajstić information content (AvgIpc) is 3.05. The van der Waals surface area contributed by atoms with Gasteiger partial charge in [0.25, 0.3) is 0 Å². The number of benzene rings is 1. The smallest absolute Gasteiger partial charge is 0.370 e. The van der Waals surface area contributed by atoms with Crippen molar-refractivity contribution in [1.82, 2.24) is 0 Å². The maximum absolute atomic E-state index is 11.4. The number of thiophene rings is 1. The summed E-state index contributed by atoms with van der Waals surface area (Å²) in [5.74, 6) is -1.28. The fourth-order valence-electron chi connectivity index (χ4n) is 2.82. The van der Waals surface area contributed by atoms with Gasteiger partial charge < -0.3 is 24.4 Å². The van der Waals surface area contributed by atoms with Crippen LogP contribution in [0.15, 0.2) is 41.5 Å². The summed E-state index contributed by atoms with van der Waals surface area (Å²) in [6, 6.07) is 8.07. The van der Waals surface area contributed by atoms with E-state index in [1.807, 2.05) is 18.2 Å². The molecule has 7 heteroatoms. The largest absolute Gasteiger partial charge is 0.475 e. The quantitative estimate of drug-likeness (QED) is 0.701. The van der Waals surface area contributed by atoms with E-state index >= 15 is 0 Å². The molecule has 0 fully saturated rings. The number of rotatable bonds is 8. The summed E-state index contributed by atoms with van der Waals surface area (Å²) in [5.41, 5.74) is 1.09. The van der Waals surface area contributed by atoms with Crippen LogP contribution in [-0.4, -0.2) is 48.9 Å². The number of aliphatic hydroxyl groups excluding tert-OH is 1. The lowest BCUT2D eigenvalue weighted by atomic mass is 9.92. The third kappa shape index (κ3) is 4.38. The van der Waals surface area contributed by atoms with Crippen LogP contribution in [0.4, 0.5) is 0 Å². The Hall–Kier alpha value is -1.93. The molecule has 0 unspecified atom stereocenters. The molecule has 0 radical (unpaired) electrons. The summed E-state index contributed by atoms with van der Waals surface area (Å²) in [5, 5.41) is 21.2. The number of aliphatic carboxylic acids is 1. The van der Waals surface area contributed by atoms with Crippen molar-refractivity contribution in [2.24, 2.45) is 0 Å². The molecule has 0 aliphatic carbocycles. The minimum atomic E-state index is -1.10. The second-order valence-electron chi connectivity index (χ2n) is 5.62. The molecular formula is C18H20O6S. The van der Waals surface area contributed by atoms with Crippen molar-refractivity contribution < 1.29 is 29.2 Å². The molecule has 0 amide bonds. The first-order valence-corrected chi connectivity index (χ1v) is 8.95. The molecule has 6 nitrogen and oxygen atoms in total. The number of carboxylic acids is 1. The van der Waals surface area contributed by atoms with E-state index in [9.17, 15) is 9.90 Å². The van der Waals surface area contributed by atoms with Gasteiger partial charge in [-0.15, -0.1) is 11.3 Å². The third-order valence-electron chi connectivity index (χ3n) is 3.95. The van der Waals surface area contributed by atoms with Gasteiger partial charge in [-0.2, -0.15) is 0 Å². The number of carboxylic acid groups (broad SMARTS) is 1. The molecule has 1 aliphatic rings. The number of aliphatic hydroxyl groups is 1. The summed E-state index contributed by atoms with van der Waals surface area (Å²) in [4.78, 5) is 11.4. The number of hydrogen-bond donors (Lipinski definition) is 2. The molecule has 25 heavy (non-hydrogen) atoms.